The summed E-state index contributed by atoms with van der Waals surface area (Å²) in [5.74, 6) is 0. The summed E-state index contributed by atoms with van der Waals surface area (Å²) in [7, 11) is 0. The number of aryl methyl sites for hydroxylation is 2. The van der Waals surface area contributed by atoms with Gasteiger partial charge >= 0.3 is 6.85 Å². The predicted molar refractivity (Wildman–Crippen MR) is 375 cm³/mol. The summed E-state index contributed by atoms with van der Waals surface area (Å²) in [5, 5.41) is 2.40. The molecule has 0 N–H and O–H groups in total. The van der Waals surface area contributed by atoms with Crippen LogP contribution < -0.4 is 25.5 Å². The molecule has 0 bridgehead atoms. The van der Waals surface area contributed by atoms with Crippen LogP contribution in [0.1, 0.15) is 219 Å². The van der Waals surface area contributed by atoms with Crippen molar-refractivity contribution in [3.05, 3.63) is 189 Å². The van der Waals surface area contributed by atoms with Gasteiger partial charge in [-0.1, -0.05) is 173 Å². The van der Waals surface area contributed by atoms with Crippen LogP contribution in [0.5, 0.6) is 0 Å². The number of fused-ring (bicyclic) bond motifs is 10. The third-order valence-corrected chi connectivity index (χ3v) is 22.5. The lowest BCUT2D eigenvalue weighted by atomic mass is 9.43. The molecule has 1 aromatic heterocycles. The summed E-state index contributed by atoms with van der Waals surface area (Å²) in [6.07, 6.45) is 6.94. The first kappa shape index (κ1) is 57.8. The van der Waals surface area contributed by atoms with Gasteiger partial charge in [0.15, 0.2) is 0 Å². The largest absolute Gasteiger partial charge is 0.456 e. The molecule has 0 saturated carbocycles. The quantitative estimate of drug-likeness (QED) is 0.160. The van der Waals surface area contributed by atoms with E-state index >= 15 is 0 Å². The van der Waals surface area contributed by atoms with Crippen molar-refractivity contribution in [2.24, 2.45) is 0 Å². The van der Waals surface area contributed by atoms with Crippen LogP contribution in [0.3, 0.4) is 0 Å². The summed E-state index contributed by atoms with van der Waals surface area (Å²) in [6, 6.07) is 53.8. The Kier molecular flexibility index (Phi) is 12.5. The molecule has 3 aliphatic carbocycles. The smallest absolute Gasteiger partial charge is 0.333 e. The number of anilines is 8. The Hall–Kier alpha value is -6.98. The minimum atomic E-state index is -0.181. The van der Waals surface area contributed by atoms with Gasteiger partial charge in [0.05, 0.1) is 0 Å². The van der Waals surface area contributed by atoms with Gasteiger partial charge in [0, 0.05) is 67.9 Å². The van der Waals surface area contributed by atoms with Gasteiger partial charge in [0.2, 0.25) is 0 Å². The number of rotatable bonds is 5. The van der Waals surface area contributed by atoms with Crippen molar-refractivity contribution in [3.63, 3.8) is 0 Å². The van der Waals surface area contributed by atoms with E-state index in [9.17, 15) is 0 Å². The monoisotopic (exact) mass is 1150 g/mol. The summed E-state index contributed by atoms with van der Waals surface area (Å²) in [4.78, 5) is 7.94. The minimum absolute atomic E-state index is 0.00599. The minimum Gasteiger partial charge on any atom is -0.456 e. The van der Waals surface area contributed by atoms with Crippen molar-refractivity contribution in [3.8, 4) is 11.1 Å². The molecule has 2 aliphatic heterocycles. The molecule has 5 aliphatic rings. The molecule has 0 saturated heterocycles. The Labute approximate surface area is 521 Å². The van der Waals surface area contributed by atoms with E-state index < -0.39 is 0 Å². The SMILES string of the molecule is Cc1cc2c3c(c1)N(c1cc4c(cc1C)C(C)(C)CCC4(C)C)c1cc4oc5cc6c(cc5c4cc1B3N(c1ccc3c(c1)C(C)(C)CCC3(C)C)c1ccc(N(c3ccc(C(C)(C)C)cc3)c3ccc(C(C)(C)C)cc3)cc1-2)C(C)(C)CCC6(C)C. The van der Waals surface area contributed by atoms with E-state index in [2.05, 4.69) is 287 Å². The number of hydrogen-bond acceptors (Lipinski definition) is 4. The van der Waals surface area contributed by atoms with E-state index in [4.69, 9.17) is 4.42 Å². The van der Waals surface area contributed by atoms with Crippen LogP contribution in [-0.2, 0) is 43.3 Å². The lowest BCUT2D eigenvalue weighted by molar-refractivity contribution is 0.332. The summed E-state index contributed by atoms with van der Waals surface area (Å²) < 4.78 is 7.31. The van der Waals surface area contributed by atoms with Crippen LogP contribution in [-0.4, -0.2) is 6.85 Å². The van der Waals surface area contributed by atoms with Gasteiger partial charge in [-0.3, -0.25) is 0 Å². The zero-order valence-corrected chi connectivity index (χ0v) is 56.3. The lowest BCUT2D eigenvalue weighted by Crippen LogP contribution is -2.61. The highest BCUT2D eigenvalue weighted by molar-refractivity contribution is 6.93. The third-order valence-electron chi connectivity index (χ3n) is 22.5. The van der Waals surface area contributed by atoms with E-state index in [0.717, 1.165) is 53.9 Å². The highest BCUT2D eigenvalue weighted by Crippen LogP contribution is 2.56. The van der Waals surface area contributed by atoms with E-state index in [-0.39, 0.29) is 50.2 Å². The third kappa shape index (κ3) is 9.02. The molecule has 0 fully saturated rings. The molecule has 8 aromatic carbocycles. The van der Waals surface area contributed by atoms with Gasteiger partial charge in [-0.15, -0.1) is 0 Å². The van der Waals surface area contributed by atoms with Crippen molar-refractivity contribution >= 4 is 85.2 Å². The van der Waals surface area contributed by atoms with Gasteiger partial charge in [-0.05, 0) is 247 Å². The molecule has 9 aromatic rings. The molecule has 14 rings (SSSR count). The van der Waals surface area contributed by atoms with E-state index in [0.29, 0.717) is 0 Å². The molecule has 0 unspecified atom stereocenters. The zero-order valence-electron chi connectivity index (χ0n) is 56.3. The van der Waals surface area contributed by atoms with E-state index in [1.54, 1.807) is 0 Å². The maximum atomic E-state index is 7.31. The normalized spacial score (nSPS) is 19.0. The molecule has 0 spiro atoms. The fraction of sp³-hybridized carbons (Fsp3) is 0.415. The highest BCUT2D eigenvalue weighted by atomic mass is 16.3. The number of nitrogens with zero attached hydrogens (tertiary/aromatic N) is 3. The zero-order chi connectivity index (χ0) is 61.8. The molecule has 5 heteroatoms. The second-order valence-electron chi connectivity index (χ2n) is 33.6. The van der Waals surface area contributed by atoms with Crippen LogP contribution in [0.15, 0.2) is 138 Å². The number of furan rings is 1. The van der Waals surface area contributed by atoms with Gasteiger partial charge in [-0.25, -0.2) is 0 Å². The maximum Gasteiger partial charge on any atom is 0.333 e. The van der Waals surface area contributed by atoms with E-state index in [1.165, 1.54) is 130 Å². The maximum absolute atomic E-state index is 7.31. The molecular formula is C82H94BN3O. The molecule has 0 atom stereocenters. The Bertz CT molecular complexity index is 4280. The van der Waals surface area contributed by atoms with Crippen molar-refractivity contribution < 1.29 is 4.42 Å². The summed E-state index contributed by atoms with van der Waals surface area (Å²) >= 11 is 0. The van der Waals surface area contributed by atoms with E-state index in [1.807, 2.05) is 0 Å². The Morgan fingerprint density at radius 3 is 1.43 bits per heavy atom. The second-order valence-corrected chi connectivity index (χ2v) is 33.6. The van der Waals surface area contributed by atoms with Gasteiger partial charge in [0.1, 0.15) is 11.2 Å². The fourth-order valence-corrected chi connectivity index (χ4v) is 16.4. The molecule has 87 heavy (non-hydrogen) atoms. The first-order chi connectivity index (χ1) is 40.6. The summed E-state index contributed by atoms with van der Waals surface area (Å²) in [6.45, 7) is 47.9. The molecule has 4 nitrogen and oxygen atoms in total. The van der Waals surface area contributed by atoms with Crippen LogP contribution in [0.4, 0.5) is 45.5 Å². The average Bonchev–Trinajstić information content (AvgIpc) is 1.49. The number of hydrogen-bond donors (Lipinski definition) is 0. The predicted octanol–water partition coefficient (Wildman–Crippen LogP) is 22.0. The second kappa shape index (κ2) is 18.8. The Balaban J connectivity index is 1.09. The molecular weight excluding hydrogens is 1050 g/mol. The van der Waals surface area contributed by atoms with Gasteiger partial charge in [-0.2, -0.15) is 0 Å². The van der Waals surface area contributed by atoms with Crippen molar-refractivity contribution in [1.82, 2.24) is 0 Å². The van der Waals surface area contributed by atoms with Crippen LogP contribution in [0.25, 0.3) is 33.1 Å². The summed E-state index contributed by atoms with van der Waals surface area (Å²) in [5.41, 5.74) is 30.9. The standard InChI is InChI=1S/C82H94BN3O/c1-49-39-60-57-42-55(84(53-25-21-51(22-26-53)75(3,4)5)54-27-23-52(24-28-54)76(6,7)8)30-32-68(57)86(56-29-31-61-63(43-56)79(13,14)34-33-77(61,9)10)83-67-45-59-58-44-64-66(82(19,20)38-36-80(64,15)16)47-72(58)87-73(59)48-70(67)85(71(40-49)74(60)83)69-46-65-62(41-50(69)2)78(11,12)35-37-81(65,17)18/h21-32,39-48H,33-38H2,1-20H3. The van der Waals surface area contributed by atoms with Crippen LogP contribution in [0.2, 0.25) is 0 Å². The van der Waals surface area contributed by atoms with Crippen molar-refractivity contribution in [1.29, 1.82) is 0 Å². The highest BCUT2D eigenvalue weighted by Gasteiger charge is 2.48. The molecule has 0 radical (unpaired) electrons. The molecule has 3 heterocycles. The first-order valence-corrected chi connectivity index (χ1v) is 32.9. The Morgan fingerprint density at radius 2 is 0.874 bits per heavy atom. The molecule has 0 amide bonds. The average molecular weight is 1150 g/mol. The molecule has 446 valence electrons. The Morgan fingerprint density at radius 1 is 0.402 bits per heavy atom. The van der Waals surface area contributed by atoms with Crippen molar-refractivity contribution in [2.75, 3.05) is 14.6 Å². The lowest BCUT2D eigenvalue weighted by Gasteiger charge is -2.48. The fourth-order valence-electron chi connectivity index (χ4n) is 16.4. The topological polar surface area (TPSA) is 22.9 Å². The first-order valence-electron chi connectivity index (χ1n) is 32.9. The van der Waals surface area contributed by atoms with Crippen molar-refractivity contribution in [2.45, 2.75) is 220 Å². The van der Waals surface area contributed by atoms with Crippen LogP contribution >= 0.6 is 0 Å². The number of benzene rings is 8. The van der Waals surface area contributed by atoms with Crippen LogP contribution in [0, 0.1) is 13.8 Å². The van der Waals surface area contributed by atoms with Gasteiger partial charge in [0.25, 0.3) is 0 Å². The van der Waals surface area contributed by atoms with Gasteiger partial charge < -0.3 is 19.0 Å².